The molecule has 0 spiro atoms. The summed E-state index contributed by atoms with van der Waals surface area (Å²) in [5.41, 5.74) is 2.00. The highest BCUT2D eigenvalue weighted by Gasteiger charge is 2.31. The van der Waals surface area contributed by atoms with Crippen molar-refractivity contribution in [1.29, 1.82) is 0 Å². The molecule has 1 aliphatic carbocycles. The van der Waals surface area contributed by atoms with Gasteiger partial charge in [-0.3, -0.25) is 9.59 Å². The predicted molar refractivity (Wildman–Crippen MR) is 88.9 cm³/mol. The third kappa shape index (κ3) is 2.98. The zero-order chi connectivity index (χ0) is 17.4. The maximum absolute atomic E-state index is 12.7. The molecule has 0 saturated heterocycles. The van der Waals surface area contributed by atoms with Gasteiger partial charge in [-0.15, -0.1) is 0 Å². The van der Waals surface area contributed by atoms with E-state index in [9.17, 15) is 9.59 Å². The molecule has 3 rings (SSSR count). The van der Waals surface area contributed by atoms with Crippen molar-refractivity contribution in [2.75, 3.05) is 0 Å². The average Bonchev–Trinajstić information content (AvgIpc) is 3.12. The van der Waals surface area contributed by atoms with E-state index in [0.717, 1.165) is 11.1 Å². The smallest absolute Gasteiger partial charge is 0.306 e. The largest absolute Gasteiger partial charge is 0.481 e. The SMILES string of the molecule is Cc1cc(C(=O)N[C@@H]2CC[C@H](C(=O)O)C2)c2cnn(C(C)C)c2n1. The second-order valence-corrected chi connectivity index (χ2v) is 6.75. The van der Waals surface area contributed by atoms with Gasteiger partial charge in [-0.1, -0.05) is 0 Å². The van der Waals surface area contributed by atoms with E-state index in [-0.39, 0.29) is 23.9 Å². The Hall–Kier alpha value is -2.44. The van der Waals surface area contributed by atoms with Crippen LogP contribution in [-0.4, -0.2) is 37.8 Å². The number of fused-ring (bicyclic) bond motifs is 1. The Bertz CT molecular complexity index is 796. The first-order valence-electron chi connectivity index (χ1n) is 8.25. The Morgan fingerprint density at radius 2 is 2.12 bits per heavy atom. The van der Waals surface area contributed by atoms with Crippen LogP contribution in [0.4, 0.5) is 0 Å². The Kier molecular flexibility index (Phi) is 4.26. The van der Waals surface area contributed by atoms with Crippen molar-refractivity contribution in [1.82, 2.24) is 20.1 Å². The number of hydrogen-bond donors (Lipinski definition) is 2. The van der Waals surface area contributed by atoms with E-state index in [1.165, 1.54) is 0 Å². The summed E-state index contributed by atoms with van der Waals surface area (Å²) in [4.78, 5) is 28.3. The average molecular weight is 330 g/mol. The van der Waals surface area contributed by atoms with Crippen molar-refractivity contribution in [3.05, 3.63) is 23.5 Å². The van der Waals surface area contributed by atoms with Crippen LogP contribution in [0, 0.1) is 12.8 Å². The number of amides is 1. The summed E-state index contributed by atoms with van der Waals surface area (Å²) in [6, 6.07) is 1.81. The van der Waals surface area contributed by atoms with Gasteiger partial charge in [0.15, 0.2) is 5.65 Å². The molecule has 1 aliphatic rings. The molecule has 7 heteroatoms. The van der Waals surface area contributed by atoms with Gasteiger partial charge in [0.25, 0.3) is 5.91 Å². The summed E-state index contributed by atoms with van der Waals surface area (Å²) in [5, 5.41) is 17.1. The molecule has 1 amide bonds. The van der Waals surface area contributed by atoms with Gasteiger partial charge in [0, 0.05) is 17.8 Å². The zero-order valence-electron chi connectivity index (χ0n) is 14.1. The number of nitrogens with zero attached hydrogens (tertiary/aromatic N) is 3. The molecule has 0 aliphatic heterocycles. The maximum atomic E-state index is 12.7. The van der Waals surface area contributed by atoms with Crippen LogP contribution in [0.5, 0.6) is 0 Å². The van der Waals surface area contributed by atoms with Crippen LogP contribution in [0.1, 0.15) is 55.2 Å². The summed E-state index contributed by atoms with van der Waals surface area (Å²) >= 11 is 0. The van der Waals surface area contributed by atoms with Gasteiger partial charge in [-0.2, -0.15) is 5.10 Å². The van der Waals surface area contributed by atoms with Gasteiger partial charge in [0.2, 0.25) is 0 Å². The lowest BCUT2D eigenvalue weighted by molar-refractivity contribution is -0.141. The molecule has 0 aromatic carbocycles. The van der Waals surface area contributed by atoms with E-state index in [1.807, 2.05) is 20.8 Å². The Balaban J connectivity index is 1.86. The second kappa shape index (κ2) is 6.22. The quantitative estimate of drug-likeness (QED) is 0.896. The predicted octanol–water partition coefficient (Wildman–Crippen LogP) is 2.30. The summed E-state index contributed by atoms with van der Waals surface area (Å²) < 4.78 is 1.80. The van der Waals surface area contributed by atoms with Crippen LogP contribution in [0.25, 0.3) is 11.0 Å². The molecule has 128 valence electrons. The Morgan fingerprint density at radius 3 is 2.75 bits per heavy atom. The van der Waals surface area contributed by atoms with E-state index in [2.05, 4.69) is 15.4 Å². The van der Waals surface area contributed by atoms with E-state index in [1.54, 1.807) is 16.9 Å². The lowest BCUT2D eigenvalue weighted by atomic mass is 10.1. The van der Waals surface area contributed by atoms with Crippen LogP contribution in [-0.2, 0) is 4.79 Å². The molecule has 2 N–H and O–H groups in total. The molecule has 0 radical (unpaired) electrons. The topological polar surface area (TPSA) is 97.1 Å². The van der Waals surface area contributed by atoms with E-state index in [0.29, 0.717) is 30.5 Å². The van der Waals surface area contributed by atoms with Crippen LogP contribution in [0.3, 0.4) is 0 Å². The highest BCUT2D eigenvalue weighted by Crippen LogP contribution is 2.27. The molecule has 0 unspecified atom stereocenters. The number of nitrogens with one attached hydrogen (secondary N) is 1. The number of hydrogen-bond acceptors (Lipinski definition) is 4. The maximum Gasteiger partial charge on any atom is 0.306 e. The molecule has 2 heterocycles. The van der Waals surface area contributed by atoms with Crippen LogP contribution >= 0.6 is 0 Å². The number of aliphatic carboxylic acids is 1. The van der Waals surface area contributed by atoms with Crippen LogP contribution in [0.15, 0.2) is 12.3 Å². The molecule has 2 aromatic heterocycles. The van der Waals surface area contributed by atoms with Crippen molar-refractivity contribution in [3.8, 4) is 0 Å². The minimum atomic E-state index is -0.785. The third-order valence-electron chi connectivity index (χ3n) is 4.55. The van der Waals surface area contributed by atoms with E-state index in [4.69, 9.17) is 5.11 Å². The number of pyridine rings is 1. The number of aromatic nitrogens is 3. The number of carbonyl (C=O) groups excluding carboxylic acids is 1. The fraction of sp³-hybridized carbons (Fsp3) is 0.529. The fourth-order valence-electron chi connectivity index (χ4n) is 3.31. The van der Waals surface area contributed by atoms with Crippen LogP contribution in [0.2, 0.25) is 0 Å². The highest BCUT2D eigenvalue weighted by molar-refractivity contribution is 6.05. The number of aryl methyl sites for hydroxylation is 1. The third-order valence-corrected chi connectivity index (χ3v) is 4.55. The first kappa shape index (κ1) is 16.4. The van der Waals surface area contributed by atoms with Gasteiger partial charge in [-0.05, 0) is 46.1 Å². The highest BCUT2D eigenvalue weighted by atomic mass is 16.4. The minimum absolute atomic E-state index is 0.0951. The van der Waals surface area contributed by atoms with Crippen molar-refractivity contribution in [2.45, 2.75) is 52.1 Å². The molecule has 2 atom stereocenters. The first-order chi connectivity index (χ1) is 11.4. The van der Waals surface area contributed by atoms with E-state index < -0.39 is 5.97 Å². The summed E-state index contributed by atoms with van der Waals surface area (Å²) in [7, 11) is 0. The van der Waals surface area contributed by atoms with Gasteiger partial charge in [0.05, 0.1) is 23.1 Å². The van der Waals surface area contributed by atoms with Gasteiger partial charge >= 0.3 is 5.97 Å². The van der Waals surface area contributed by atoms with Crippen molar-refractivity contribution < 1.29 is 14.7 Å². The molecular formula is C17H22N4O3. The standard InChI is InChI=1S/C17H22N4O3/c1-9(2)21-15-14(8-18-21)13(6-10(3)19-15)16(22)20-12-5-4-11(7-12)17(23)24/h6,8-9,11-12H,4-5,7H2,1-3H3,(H,20,22)(H,23,24)/t11-,12+/m0/s1. The van der Waals surface area contributed by atoms with Crippen LogP contribution < -0.4 is 5.32 Å². The zero-order valence-corrected chi connectivity index (χ0v) is 14.1. The Morgan fingerprint density at radius 1 is 1.38 bits per heavy atom. The number of carboxylic acids is 1. The summed E-state index contributed by atoms with van der Waals surface area (Å²) in [6.07, 6.45) is 3.46. The van der Waals surface area contributed by atoms with E-state index >= 15 is 0 Å². The molecule has 24 heavy (non-hydrogen) atoms. The minimum Gasteiger partial charge on any atom is -0.481 e. The lowest BCUT2D eigenvalue weighted by Gasteiger charge is -2.14. The lowest BCUT2D eigenvalue weighted by Crippen LogP contribution is -2.33. The van der Waals surface area contributed by atoms with Crippen molar-refractivity contribution in [2.24, 2.45) is 5.92 Å². The molecular weight excluding hydrogens is 308 g/mol. The number of rotatable bonds is 4. The molecule has 2 aromatic rings. The Labute approximate surface area is 140 Å². The van der Waals surface area contributed by atoms with Gasteiger partial charge in [0.1, 0.15) is 0 Å². The summed E-state index contributed by atoms with van der Waals surface area (Å²) in [6.45, 7) is 5.88. The summed E-state index contributed by atoms with van der Waals surface area (Å²) in [5.74, 6) is -1.34. The van der Waals surface area contributed by atoms with Gasteiger partial charge in [-0.25, -0.2) is 9.67 Å². The molecule has 7 nitrogen and oxygen atoms in total. The monoisotopic (exact) mass is 330 g/mol. The fourth-order valence-corrected chi connectivity index (χ4v) is 3.31. The molecule has 0 bridgehead atoms. The number of carboxylic acid groups (broad SMARTS) is 1. The van der Waals surface area contributed by atoms with Crippen molar-refractivity contribution >= 4 is 22.9 Å². The first-order valence-corrected chi connectivity index (χ1v) is 8.25. The van der Waals surface area contributed by atoms with Gasteiger partial charge < -0.3 is 10.4 Å². The van der Waals surface area contributed by atoms with Crippen molar-refractivity contribution in [3.63, 3.8) is 0 Å². The second-order valence-electron chi connectivity index (χ2n) is 6.75. The normalized spacial score (nSPS) is 20.7. The number of carbonyl (C=O) groups is 2. The molecule has 1 fully saturated rings. The molecule has 1 saturated carbocycles.